The maximum Gasteiger partial charge on any atom is 0.261 e. The molecule has 0 aliphatic rings. The van der Waals surface area contributed by atoms with E-state index in [-0.39, 0.29) is 18.4 Å². The molecule has 2 aromatic rings. The van der Waals surface area contributed by atoms with E-state index in [4.69, 9.17) is 14.2 Å². The summed E-state index contributed by atoms with van der Waals surface area (Å²) >= 11 is 0. The average molecular weight is 400 g/mol. The molecule has 0 spiro atoms. The van der Waals surface area contributed by atoms with Crippen molar-refractivity contribution in [1.29, 1.82) is 0 Å². The lowest BCUT2D eigenvalue weighted by Gasteiger charge is -2.16. The van der Waals surface area contributed by atoms with Gasteiger partial charge in [0.1, 0.15) is 5.75 Å². The number of carbonyl (C=O) groups excluding carboxylic acids is 2. The van der Waals surface area contributed by atoms with Gasteiger partial charge in [-0.2, -0.15) is 0 Å². The highest BCUT2D eigenvalue weighted by atomic mass is 16.5. The minimum Gasteiger partial charge on any atom is -0.493 e. The van der Waals surface area contributed by atoms with E-state index in [0.717, 1.165) is 11.1 Å². The molecule has 1 unspecified atom stereocenters. The molecule has 0 aromatic heterocycles. The van der Waals surface area contributed by atoms with Crippen LogP contribution in [-0.4, -0.2) is 50.6 Å². The van der Waals surface area contributed by atoms with Crippen molar-refractivity contribution in [3.63, 3.8) is 0 Å². The van der Waals surface area contributed by atoms with Gasteiger partial charge in [-0.25, -0.2) is 0 Å². The van der Waals surface area contributed by atoms with E-state index in [9.17, 15) is 9.59 Å². The van der Waals surface area contributed by atoms with Crippen molar-refractivity contribution >= 4 is 11.8 Å². The summed E-state index contributed by atoms with van der Waals surface area (Å²) in [5.74, 6) is 1.24. The third kappa shape index (κ3) is 6.71. The van der Waals surface area contributed by atoms with Gasteiger partial charge in [0.2, 0.25) is 0 Å². The van der Waals surface area contributed by atoms with Crippen LogP contribution in [0.2, 0.25) is 0 Å². The van der Waals surface area contributed by atoms with Gasteiger partial charge in [-0.3, -0.25) is 9.59 Å². The Hall–Kier alpha value is -3.22. The number of benzene rings is 2. The van der Waals surface area contributed by atoms with E-state index in [0.29, 0.717) is 23.8 Å². The van der Waals surface area contributed by atoms with Crippen molar-refractivity contribution in [1.82, 2.24) is 10.2 Å². The molecule has 0 bridgehead atoms. The van der Waals surface area contributed by atoms with Gasteiger partial charge in [0.25, 0.3) is 11.8 Å². The Morgan fingerprint density at radius 2 is 1.76 bits per heavy atom. The van der Waals surface area contributed by atoms with Crippen LogP contribution in [-0.2, 0) is 16.1 Å². The summed E-state index contributed by atoms with van der Waals surface area (Å²) in [7, 11) is 4.85. The standard InChI is InChI=1S/C22H28N2O5/c1-15-6-9-18(10-7-15)29-16(2)22(26)23-13-17-8-11-19(20(12-17)27-5)28-14-21(25)24(3)4/h6-12,16H,13-14H2,1-5H3,(H,23,26). The Morgan fingerprint density at radius 1 is 1.07 bits per heavy atom. The number of carbonyl (C=O) groups is 2. The first-order valence-corrected chi connectivity index (χ1v) is 9.31. The van der Waals surface area contributed by atoms with Crippen LogP contribution in [0.25, 0.3) is 0 Å². The number of hydrogen-bond donors (Lipinski definition) is 1. The number of methoxy groups -OCH3 is 1. The quantitative estimate of drug-likeness (QED) is 0.700. The molecule has 7 heteroatoms. The fraction of sp³-hybridized carbons (Fsp3) is 0.364. The van der Waals surface area contributed by atoms with Crippen LogP contribution < -0.4 is 19.5 Å². The Morgan fingerprint density at radius 3 is 2.38 bits per heavy atom. The zero-order valence-electron chi connectivity index (χ0n) is 17.5. The van der Waals surface area contributed by atoms with Crippen LogP contribution >= 0.6 is 0 Å². The van der Waals surface area contributed by atoms with E-state index in [1.165, 1.54) is 12.0 Å². The van der Waals surface area contributed by atoms with Crippen LogP contribution in [0.4, 0.5) is 0 Å². The lowest BCUT2D eigenvalue weighted by molar-refractivity contribution is -0.130. The molecule has 0 aliphatic heterocycles. The summed E-state index contributed by atoms with van der Waals surface area (Å²) in [6, 6.07) is 12.8. The van der Waals surface area contributed by atoms with Crippen LogP contribution in [0.1, 0.15) is 18.1 Å². The molecule has 29 heavy (non-hydrogen) atoms. The normalized spacial score (nSPS) is 11.3. The molecular weight excluding hydrogens is 372 g/mol. The Labute approximate surface area is 171 Å². The first-order chi connectivity index (χ1) is 13.8. The highest BCUT2D eigenvalue weighted by Gasteiger charge is 2.15. The van der Waals surface area contributed by atoms with Gasteiger partial charge in [-0.1, -0.05) is 23.8 Å². The highest BCUT2D eigenvalue weighted by molar-refractivity contribution is 5.80. The Bertz CT molecular complexity index is 834. The molecule has 156 valence electrons. The summed E-state index contributed by atoms with van der Waals surface area (Å²) in [5.41, 5.74) is 1.96. The minimum absolute atomic E-state index is 0.0761. The van der Waals surface area contributed by atoms with E-state index < -0.39 is 6.10 Å². The van der Waals surface area contributed by atoms with Gasteiger partial charge in [0.05, 0.1) is 7.11 Å². The molecule has 0 aliphatic carbocycles. The predicted octanol–water partition coefficient (Wildman–Crippen LogP) is 2.55. The number of hydrogen-bond acceptors (Lipinski definition) is 5. The van der Waals surface area contributed by atoms with Gasteiger partial charge >= 0.3 is 0 Å². The number of likely N-dealkylation sites (N-methyl/N-ethyl adjacent to an activating group) is 1. The fourth-order valence-electron chi connectivity index (χ4n) is 2.42. The minimum atomic E-state index is -0.626. The monoisotopic (exact) mass is 400 g/mol. The fourth-order valence-corrected chi connectivity index (χ4v) is 2.42. The SMILES string of the molecule is COc1cc(CNC(=O)C(C)Oc2ccc(C)cc2)ccc1OCC(=O)N(C)C. The van der Waals surface area contributed by atoms with Gasteiger partial charge in [-0.05, 0) is 43.7 Å². The maximum absolute atomic E-state index is 12.3. The lowest BCUT2D eigenvalue weighted by atomic mass is 10.2. The van der Waals surface area contributed by atoms with Crippen molar-refractivity contribution in [2.45, 2.75) is 26.5 Å². The van der Waals surface area contributed by atoms with Crippen LogP contribution in [0.15, 0.2) is 42.5 Å². The summed E-state index contributed by atoms with van der Waals surface area (Å²) in [6.07, 6.45) is -0.626. The summed E-state index contributed by atoms with van der Waals surface area (Å²) < 4.78 is 16.5. The van der Waals surface area contributed by atoms with Gasteiger partial charge in [0, 0.05) is 20.6 Å². The molecule has 2 rings (SSSR count). The Balaban J connectivity index is 1.91. The molecule has 0 saturated heterocycles. The van der Waals surface area contributed by atoms with Crippen LogP contribution in [0, 0.1) is 6.92 Å². The van der Waals surface area contributed by atoms with E-state index in [1.54, 1.807) is 33.2 Å². The molecular formula is C22H28N2O5. The topological polar surface area (TPSA) is 77.1 Å². The molecule has 0 fully saturated rings. The van der Waals surface area contributed by atoms with Gasteiger partial charge in [-0.15, -0.1) is 0 Å². The molecule has 0 radical (unpaired) electrons. The molecule has 0 saturated carbocycles. The van der Waals surface area contributed by atoms with Crippen molar-refractivity contribution in [2.24, 2.45) is 0 Å². The number of nitrogens with one attached hydrogen (secondary N) is 1. The van der Waals surface area contributed by atoms with Crippen LogP contribution in [0.5, 0.6) is 17.2 Å². The summed E-state index contributed by atoms with van der Waals surface area (Å²) in [4.78, 5) is 25.4. The van der Waals surface area contributed by atoms with Gasteiger partial charge < -0.3 is 24.4 Å². The first kappa shape index (κ1) is 22.1. The Kier molecular flexibility index (Phi) is 7.88. The van der Waals surface area contributed by atoms with E-state index >= 15 is 0 Å². The second kappa shape index (κ2) is 10.4. The molecule has 2 aromatic carbocycles. The molecule has 0 heterocycles. The van der Waals surface area contributed by atoms with Crippen LogP contribution in [0.3, 0.4) is 0 Å². The van der Waals surface area contributed by atoms with E-state index in [2.05, 4.69) is 5.32 Å². The third-order valence-corrected chi connectivity index (χ3v) is 4.25. The predicted molar refractivity (Wildman–Crippen MR) is 110 cm³/mol. The summed E-state index contributed by atoms with van der Waals surface area (Å²) in [6.45, 7) is 3.93. The molecule has 7 nitrogen and oxygen atoms in total. The number of aryl methyl sites for hydroxylation is 1. The van der Waals surface area contributed by atoms with Crippen molar-refractivity contribution in [3.05, 3.63) is 53.6 Å². The lowest BCUT2D eigenvalue weighted by Crippen LogP contribution is -2.35. The zero-order valence-corrected chi connectivity index (χ0v) is 17.5. The van der Waals surface area contributed by atoms with Gasteiger partial charge in [0.15, 0.2) is 24.2 Å². The second-order valence-electron chi connectivity index (χ2n) is 6.85. The molecule has 2 amide bonds. The van der Waals surface area contributed by atoms with Crippen molar-refractivity contribution in [2.75, 3.05) is 27.8 Å². The van der Waals surface area contributed by atoms with Crippen molar-refractivity contribution < 1.29 is 23.8 Å². The zero-order chi connectivity index (χ0) is 21.4. The molecule has 1 N–H and O–H groups in total. The maximum atomic E-state index is 12.3. The first-order valence-electron chi connectivity index (χ1n) is 9.31. The number of amides is 2. The number of ether oxygens (including phenoxy) is 3. The second-order valence-corrected chi connectivity index (χ2v) is 6.85. The number of nitrogens with zero attached hydrogens (tertiary/aromatic N) is 1. The number of rotatable bonds is 9. The average Bonchev–Trinajstić information content (AvgIpc) is 2.71. The molecule has 1 atom stereocenters. The third-order valence-electron chi connectivity index (χ3n) is 4.25. The summed E-state index contributed by atoms with van der Waals surface area (Å²) in [5, 5.41) is 2.85. The smallest absolute Gasteiger partial charge is 0.261 e. The largest absolute Gasteiger partial charge is 0.493 e. The van der Waals surface area contributed by atoms with Crippen molar-refractivity contribution in [3.8, 4) is 17.2 Å². The van der Waals surface area contributed by atoms with E-state index in [1.807, 2.05) is 37.3 Å². The highest BCUT2D eigenvalue weighted by Crippen LogP contribution is 2.28.